The van der Waals surface area contributed by atoms with Crippen LogP contribution in [-0.4, -0.2) is 15.0 Å². The second kappa shape index (κ2) is 15.0. The average Bonchev–Trinajstić information content (AvgIpc) is 3.45. The minimum absolute atomic E-state index is 0. The maximum atomic E-state index is 6.36. The molecule has 0 unspecified atom stereocenters. The van der Waals surface area contributed by atoms with Crippen LogP contribution in [0.2, 0.25) is 0 Å². The van der Waals surface area contributed by atoms with Gasteiger partial charge in [0.2, 0.25) is 5.71 Å². The number of hydrogen-bond donors (Lipinski definition) is 0. The standard InChI is InChI=1S/C30H29N2O.C12H10N.Ir/c1-6-21(7-2)25-17-31-27(16-20(25)5)24-13-9-12-22-23-14-15-26(32-30(23)33-29(22)24)28-18(3)10-8-11-19(28)4;1-10-7-8-12(13-9-10)11-5-3-2-4-6-11;/h8-12,14-17,21H,6-7H2,1-5H3;2-5,7-9H,1H3;/q2*-1;. The Kier molecular flexibility index (Phi) is 10.8. The molecule has 0 amide bonds. The number of benzene rings is 3. The molecule has 4 aromatic heterocycles. The molecule has 3 aromatic carbocycles. The summed E-state index contributed by atoms with van der Waals surface area (Å²) >= 11 is 0. The zero-order valence-corrected chi connectivity index (χ0v) is 30.2. The smallest absolute Gasteiger partial charge is 0.216 e. The van der Waals surface area contributed by atoms with Gasteiger partial charge in [-0.2, -0.15) is 0 Å². The van der Waals surface area contributed by atoms with Gasteiger partial charge in [-0.15, -0.1) is 54.1 Å². The fourth-order valence-electron chi connectivity index (χ4n) is 6.21. The Hall–Kier alpha value is -4.44. The quantitative estimate of drug-likeness (QED) is 0.157. The Labute approximate surface area is 291 Å². The maximum Gasteiger partial charge on any atom is 0.216 e. The fraction of sp³-hybridized carbons (Fsp3) is 0.214. The van der Waals surface area contributed by atoms with Gasteiger partial charge in [0.25, 0.3) is 0 Å². The summed E-state index contributed by atoms with van der Waals surface area (Å²) in [5, 5.41) is 2.06. The van der Waals surface area contributed by atoms with E-state index in [0.717, 1.165) is 57.4 Å². The van der Waals surface area contributed by atoms with Crippen molar-refractivity contribution in [1.82, 2.24) is 15.0 Å². The third kappa shape index (κ3) is 7.12. The van der Waals surface area contributed by atoms with Gasteiger partial charge >= 0.3 is 0 Å². The van der Waals surface area contributed by atoms with Gasteiger partial charge in [0.1, 0.15) is 0 Å². The molecule has 47 heavy (non-hydrogen) atoms. The number of furan rings is 1. The Morgan fingerprint density at radius 3 is 2.09 bits per heavy atom. The third-order valence-corrected chi connectivity index (χ3v) is 8.77. The first kappa shape index (κ1) is 33.9. The summed E-state index contributed by atoms with van der Waals surface area (Å²) in [7, 11) is 0. The first-order valence-electron chi connectivity index (χ1n) is 16.0. The van der Waals surface area contributed by atoms with E-state index in [1.807, 2.05) is 55.7 Å². The first-order valence-corrected chi connectivity index (χ1v) is 16.0. The molecule has 0 bridgehead atoms. The van der Waals surface area contributed by atoms with Crippen molar-refractivity contribution < 1.29 is 24.5 Å². The van der Waals surface area contributed by atoms with Gasteiger partial charge in [-0.1, -0.05) is 66.8 Å². The fourth-order valence-corrected chi connectivity index (χ4v) is 6.21. The van der Waals surface area contributed by atoms with E-state index in [1.165, 1.54) is 33.4 Å². The molecule has 0 atom stereocenters. The summed E-state index contributed by atoms with van der Waals surface area (Å²) < 4.78 is 6.36. The molecule has 0 saturated heterocycles. The summed E-state index contributed by atoms with van der Waals surface area (Å²) in [6.45, 7) is 12.9. The topological polar surface area (TPSA) is 51.8 Å². The molecule has 0 aliphatic rings. The molecule has 4 nitrogen and oxygen atoms in total. The normalized spacial score (nSPS) is 11.0. The van der Waals surface area contributed by atoms with Gasteiger partial charge in [-0.25, -0.2) is 4.98 Å². The molecule has 239 valence electrons. The number of aryl methyl sites for hydroxylation is 4. The van der Waals surface area contributed by atoms with Crippen LogP contribution < -0.4 is 0 Å². The monoisotopic (exact) mass is 794 g/mol. The third-order valence-electron chi connectivity index (χ3n) is 8.77. The number of hydrogen-bond acceptors (Lipinski definition) is 4. The van der Waals surface area contributed by atoms with Crippen molar-refractivity contribution in [3.63, 3.8) is 0 Å². The van der Waals surface area contributed by atoms with Crippen molar-refractivity contribution in [2.45, 2.75) is 60.3 Å². The van der Waals surface area contributed by atoms with Crippen LogP contribution in [0, 0.1) is 39.8 Å². The van der Waals surface area contributed by atoms with Crippen LogP contribution in [-0.2, 0) is 20.1 Å². The second-order valence-corrected chi connectivity index (χ2v) is 12.0. The van der Waals surface area contributed by atoms with Crippen molar-refractivity contribution in [1.29, 1.82) is 0 Å². The molecular weight excluding hydrogens is 755 g/mol. The van der Waals surface area contributed by atoms with Gasteiger partial charge in [-0.05, 0) is 92.2 Å². The van der Waals surface area contributed by atoms with Crippen molar-refractivity contribution in [2.24, 2.45) is 0 Å². The summed E-state index contributed by atoms with van der Waals surface area (Å²) in [6.07, 6.45) is 6.15. The molecule has 4 heterocycles. The van der Waals surface area contributed by atoms with E-state index in [2.05, 4.69) is 100 Å². The molecule has 7 aromatic rings. The van der Waals surface area contributed by atoms with E-state index in [1.54, 1.807) is 0 Å². The molecule has 0 fully saturated rings. The van der Waals surface area contributed by atoms with Crippen LogP contribution >= 0.6 is 0 Å². The van der Waals surface area contributed by atoms with Crippen molar-refractivity contribution >= 4 is 22.1 Å². The van der Waals surface area contributed by atoms with Gasteiger partial charge < -0.3 is 14.4 Å². The van der Waals surface area contributed by atoms with E-state index in [0.29, 0.717) is 11.6 Å². The SMILES string of the molecule is CCC(CC)c1cnc(-c2[c-]ccc3c2oc2nc(-c4c(C)cccc4C)ccc23)cc1C.Cc1ccc(-c2[c-]cccc2)nc1.[Ir]. The van der Waals surface area contributed by atoms with Crippen molar-refractivity contribution in [3.05, 3.63) is 137 Å². The Morgan fingerprint density at radius 1 is 0.681 bits per heavy atom. The largest absolute Gasteiger partial charge is 0.486 e. The van der Waals surface area contributed by atoms with Crippen LogP contribution in [0.25, 0.3) is 55.8 Å². The maximum absolute atomic E-state index is 6.36. The summed E-state index contributed by atoms with van der Waals surface area (Å²) in [4.78, 5) is 14.1. The van der Waals surface area contributed by atoms with Gasteiger partial charge in [-0.3, -0.25) is 0 Å². The molecular formula is C42H39IrN3O-2. The molecule has 0 N–H and O–H groups in total. The van der Waals surface area contributed by atoms with Crippen LogP contribution in [0.5, 0.6) is 0 Å². The molecule has 0 saturated carbocycles. The van der Waals surface area contributed by atoms with Crippen LogP contribution in [0.1, 0.15) is 60.4 Å². The number of fused-ring (bicyclic) bond motifs is 3. The Bertz CT molecular complexity index is 2090. The number of rotatable bonds is 6. The predicted molar refractivity (Wildman–Crippen MR) is 190 cm³/mol. The minimum Gasteiger partial charge on any atom is -0.486 e. The molecule has 0 aliphatic heterocycles. The number of pyridine rings is 3. The van der Waals surface area contributed by atoms with E-state index < -0.39 is 0 Å². The zero-order valence-electron chi connectivity index (χ0n) is 27.8. The van der Waals surface area contributed by atoms with Crippen LogP contribution in [0.15, 0.2) is 102 Å². The summed E-state index contributed by atoms with van der Waals surface area (Å²) in [5.74, 6) is 0.546. The molecule has 5 heteroatoms. The number of nitrogens with zero attached hydrogens (tertiary/aromatic N) is 3. The van der Waals surface area contributed by atoms with Gasteiger partial charge in [0, 0.05) is 43.4 Å². The first-order chi connectivity index (χ1) is 22.4. The van der Waals surface area contributed by atoms with E-state index in [-0.39, 0.29) is 20.1 Å². The van der Waals surface area contributed by atoms with Gasteiger partial charge in [0.15, 0.2) is 0 Å². The summed E-state index contributed by atoms with van der Waals surface area (Å²) in [6, 6.07) is 35.2. The van der Waals surface area contributed by atoms with E-state index >= 15 is 0 Å². The van der Waals surface area contributed by atoms with Crippen LogP contribution in [0.3, 0.4) is 0 Å². The van der Waals surface area contributed by atoms with E-state index in [9.17, 15) is 0 Å². The molecule has 0 aliphatic carbocycles. The zero-order chi connectivity index (χ0) is 32.2. The molecule has 1 radical (unpaired) electrons. The second-order valence-electron chi connectivity index (χ2n) is 12.0. The van der Waals surface area contributed by atoms with E-state index in [4.69, 9.17) is 14.4 Å². The average molecular weight is 794 g/mol. The summed E-state index contributed by atoms with van der Waals surface area (Å²) in [5.41, 5.74) is 13.6. The minimum atomic E-state index is 0. The molecule has 0 spiro atoms. The molecule has 7 rings (SSSR count). The Morgan fingerprint density at radius 2 is 1.43 bits per heavy atom. The van der Waals surface area contributed by atoms with Crippen LogP contribution in [0.4, 0.5) is 0 Å². The number of aromatic nitrogens is 3. The predicted octanol–water partition coefficient (Wildman–Crippen LogP) is 11.2. The van der Waals surface area contributed by atoms with Gasteiger partial charge in [0.05, 0.1) is 11.3 Å². The Balaban J connectivity index is 0.000000260. The van der Waals surface area contributed by atoms with Crippen molar-refractivity contribution in [2.75, 3.05) is 0 Å². The van der Waals surface area contributed by atoms with Crippen molar-refractivity contribution in [3.8, 4) is 33.8 Å².